The first kappa shape index (κ1) is 16.5. The molecule has 0 radical (unpaired) electrons. The van der Waals surface area contributed by atoms with Crippen LogP contribution in [-0.2, 0) is 0 Å². The molecule has 0 aromatic heterocycles. The van der Waals surface area contributed by atoms with Crippen molar-refractivity contribution in [3.8, 4) is 5.75 Å². The van der Waals surface area contributed by atoms with Crippen molar-refractivity contribution in [2.45, 2.75) is 0 Å². The Balaban J connectivity index is 1.82. The minimum absolute atomic E-state index is 0.263. The van der Waals surface area contributed by atoms with Crippen molar-refractivity contribution in [2.24, 2.45) is 0 Å². The lowest BCUT2D eigenvalue weighted by Crippen LogP contribution is -2.34. The second-order valence-electron chi connectivity index (χ2n) is 4.64. The number of carbonyl (C=O) groups excluding carboxylic acids is 1. The smallest absolute Gasteiger partial charge is 0.321 e. The Morgan fingerprint density at radius 2 is 1.91 bits per heavy atom. The van der Waals surface area contributed by atoms with Crippen LogP contribution in [0.2, 0.25) is 10.0 Å². The summed E-state index contributed by atoms with van der Waals surface area (Å²) in [5, 5.41) is 3.65. The predicted molar refractivity (Wildman–Crippen MR) is 90.0 cm³/mol. The third kappa shape index (κ3) is 4.83. The number of benzene rings is 2. The number of carbonyl (C=O) groups is 1. The second-order valence-corrected chi connectivity index (χ2v) is 5.48. The Labute approximate surface area is 139 Å². The van der Waals surface area contributed by atoms with E-state index in [1.165, 1.54) is 4.90 Å². The van der Waals surface area contributed by atoms with Gasteiger partial charge in [0.25, 0.3) is 0 Å². The maximum atomic E-state index is 12.1. The lowest BCUT2D eigenvalue weighted by molar-refractivity contribution is 0.207. The summed E-state index contributed by atoms with van der Waals surface area (Å²) in [7, 11) is 1.69. The van der Waals surface area contributed by atoms with Gasteiger partial charge in [-0.05, 0) is 30.3 Å². The number of halogens is 2. The number of urea groups is 1. The number of hydrogen-bond acceptors (Lipinski definition) is 2. The van der Waals surface area contributed by atoms with E-state index < -0.39 is 0 Å². The molecule has 0 atom stereocenters. The van der Waals surface area contributed by atoms with Crippen molar-refractivity contribution in [1.29, 1.82) is 0 Å². The molecule has 0 saturated heterocycles. The Hall–Kier alpha value is -1.91. The minimum Gasteiger partial charge on any atom is -0.492 e. The van der Waals surface area contributed by atoms with Crippen LogP contribution in [0.3, 0.4) is 0 Å². The van der Waals surface area contributed by atoms with E-state index in [9.17, 15) is 4.79 Å². The minimum atomic E-state index is -0.263. The monoisotopic (exact) mass is 338 g/mol. The highest BCUT2D eigenvalue weighted by Gasteiger charge is 2.11. The molecule has 2 amide bonds. The van der Waals surface area contributed by atoms with Gasteiger partial charge in [-0.2, -0.15) is 0 Å². The summed E-state index contributed by atoms with van der Waals surface area (Å²) < 4.78 is 5.55. The molecular weight excluding hydrogens is 323 g/mol. The first-order valence-corrected chi connectivity index (χ1v) is 7.47. The van der Waals surface area contributed by atoms with Crippen molar-refractivity contribution in [1.82, 2.24) is 4.90 Å². The Bertz CT molecular complexity index is 635. The molecule has 0 unspecified atom stereocenters. The molecule has 0 fully saturated rings. The van der Waals surface area contributed by atoms with Crippen molar-refractivity contribution in [3.05, 3.63) is 58.6 Å². The first-order valence-electron chi connectivity index (χ1n) is 6.71. The number of amides is 2. The van der Waals surface area contributed by atoms with Crippen LogP contribution >= 0.6 is 23.2 Å². The van der Waals surface area contributed by atoms with Gasteiger partial charge in [0, 0.05) is 12.1 Å². The van der Waals surface area contributed by atoms with Gasteiger partial charge in [-0.25, -0.2) is 4.79 Å². The SMILES string of the molecule is CN(CCOc1ccccc1)C(=O)Nc1ccc(Cl)cc1Cl. The molecule has 0 aliphatic carbocycles. The predicted octanol–water partition coefficient (Wildman–Crippen LogP) is 4.54. The first-order chi connectivity index (χ1) is 10.6. The van der Waals surface area contributed by atoms with Crippen LogP contribution in [0.25, 0.3) is 0 Å². The summed E-state index contributed by atoms with van der Waals surface area (Å²) in [6, 6.07) is 14.1. The molecular formula is C16H16Cl2N2O2. The average Bonchev–Trinajstić information content (AvgIpc) is 2.51. The number of anilines is 1. The van der Waals surface area contributed by atoms with E-state index in [0.717, 1.165) is 5.75 Å². The zero-order chi connectivity index (χ0) is 15.9. The maximum absolute atomic E-state index is 12.1. The van der Waals surface area contributed by atoms with Crippen LogP contribution in [0.5, 0.6) is 5.75 Å². The highest BCUT2D eigenvalue weighted by atomic mass is 35.5. The summed E-state index contributed by atoms with van der Waals surface area (Å²) >= 11 is 11.8. The van der Waals surface area contributed by atoms with Crippen molar-refractivity contribution < 1.29 is 9.53 Å². The van der Waals surface area contributed by atoms with E-state index in [4.69, 9.17) is 27.9 Å². The molecule has 2 aromatic carbocycles. The standard InChI is InChI=1S/C16H16Cl2N2O2/c1-20(9-10-22-13-5-3-2-4-6-13)16(21)19-15-8-7-12(17)11-14(15)18/h2-8,11H,9-10H2,1H3,(H,19,21). The van der Waals surface area contributed by atoms with Gasteiger partial charge in [0.2, 0.25) is 0 Å². The number of nitrogens with zero attached hydrogens (tertiary/aromatic N) is 1. The Morgan fingerprint density at radius 3 is 2.59 bits per heavy atom. The van der Waals surface area contributed by atoms with Gasteiger partial charge >= 0.3 is 6.03 Å². The number of hydrogen-bond donors (Lipinski definition) is 1. The molecule has 0 aliphatic heterocycles. The molecule has 2 aromatic rings. The number of nitrogens with one attached hydrogen (secondary N) is 1. The second kappa shape index (κ2) is 7.92. The number of rotatable bonds is 5. The fourth-order valence-corrected chi connectivity index (χ4v) is 2.18. The average molecular weight is 339 g/mol. The van der Waals surface area contributed by atoms with Gasteiger partial charge < -0.3 is 15.0 Å². The molecule has 22 heavy (non-hydrogen) atoms. The molecule has 4 nitrogen and oxygen atoms in total. The molecule has 0 spiro atoms. The molecule has 1 N–H and O–H groups in total. The third-order valence-electron chi connectivity index (χ3n) is 2.96. The van der Waals surface area contributed by atoms with Crippen LogP contribution in [0.15, 0.2) is 48.5 Å². The van der Waals surface area contributed by atoms with Gasteiger partial charge in [-0.1, -0.05) is 41.4 Å². The molecule has 0 saturated carbocycles. The number of ether oxygens (including phenoxy) is 1. The third-order valence-corrected chi connectivity index (χ3v) is 3.51. The Kier molecular flexibility index (Phi) is 5.92. The van der Waals surface area contributed by atoms with E-state index in [2.05, 4.69) is 5.32 Å². The number of para-hydroxylation sites is 1. The highest BCUT2D eigenvalue weighted by molar-refractivity contribution is 6.36. The summed E-state index contributed by atoms with van der Waals surface area (Å²) in [5.74, 6) is 0.775. The van der Waals surface area contributed by atoms with E-state index in [1.54, 1.807) is 25.2 Å². The summed E-state index contributed by atoms with van der Waals surface area (Å²) in [6.07, 6.45) is 0. The van der Waals surface area contributed by atoms with Gasteiger partial charge in [0.05, 0.1) is 17.3 Å². The van der Waals surface area contributed by atoms with Crippen LogP contribution in [0, 0.1) is 0 Å². The van der Waals surface area contributed by atoms with Crippen molar-refractivity contribution >= 4 is 34.9 Å². The topological polar surface area (TPSA) is 41.6 Å². The summed E-state index contributed by atoms with van der Waals surface area (Å²) in [5.41, 5.74) is 0.520. The van der Waals surface area contributed by atoms with Gasteiger partial charge in [0.15, 0.2) is 0 Å². The largest absolute Gasteiger partial charge is 0.492 e. The molecule has 2 rings (SSSR count). The van der Waals surface area contributed by atoms with E-state index in [1.807, 2.05) is 30.3 Å². The van der Waals surface area contributed by atoms with Crippen molar-refractivity contribution in [3.63, 3.8) is 0 Å². The normalized spacial score (nSPS) is 10.1. The lowest BCUT2D eigenvalue weighted by atomic mass is 10.3. The van der Waals surface area contributed by atoms with Crippen molar-refractivity contribution in [2.75, 3.05) is 25.5 Å². The lowest BCUT2D eigenvalue weighted by Gasteiger charge is -2.18. The van der Waals surface area contributed by atoms with Crippen LogP contribution in [0.4, 0.5) is 10.5 Å². The van der Waals surface area contributed by atoms with E-state index in [-0.39, 0.29) is 6.03 Å². The molecule has 0 heterocycles. The Morgan fingerprint density at radius 1 is 1.18 bits per heavy atom. The van der Waals surface area contributed by atoms with Crippen LogP contribution < -0.4 is 10.1 Å². The zero-order valence-electron chi connectivity index (χ0n) is 12.1. The van der Waals surface area contributed by atoms with Gasteiger partial charge in [0.1, 0.15) is 12.4 Å². The summed E-state index contributed by atoms with van der Waals surface area (Å²) in [6.45, 7) is 0.855. The maximum Gasteiger partial charge on any atom is 0.321 e. The summed E-state index contributed by atoms with van der Waals surface area (Å²) in [4.78, 5) is 13.6. The number of likely N-dealkylation sites (N-methyl/N-ethyl adjacent to an activating group) is 1. The van der Waals surface area contributed by atoms with E-state index >= 15 is 0 Å². The zero-order valence-corrected chi connectivity index (χ0v) is 13.6. The highest BCUT2D eigenvalue weighted by Crippen LogP contribution is 2.25. The molecule has 6 heteroatoms. The fraction of sp³-hybridized carbons (Fsp3) is 0.188. The quantitative estimate of drug-likeness (QED) is 0.869. The molecule has 116 valence electrons. The van der Waals surface area contributed by atoms with Gasteiger partial charge in [-0.15, -0.1) is 0 Å². The van der Waals surface area contributed by atoms with E-state index in [0.29, 0.717) is 28.9 Å². The van der Waals surface area contributed by atoms with Crippen LogP contribution in [0.1, 0.15) is 0 Å². The van der Waals surface area contributed by atoms with Gasteiger partial charge in [-0.3, -0.25) is 0 Å². The molecule has 0 aliphatic rings. The molecule has 0 bridgehead atoms. The fourth-order valence-electron chi connectivity index (χ4n) is 1.72. The van der Waals surface area contributed by atoms with Crippen LogP contribution in [-0.4, -0.2) is 31.1 Å².